The third-order valence-electron chi connectivity index (χ3n) is 5.09. The summed E-state index contributed by atoms with van der Waals surface area (Å²) in [5.74, 6) is 2.21. The number of carbonyl (C=O) groups is 1. The van der Waals surface area contributed by atoms with Gasteiger partial charge in [-0.15, -0.1) is 0 Å². The minimum absolute atomic E-state index is 0.0977. The summed E-state index contributed by atoms with van der Waals surface area (Å²) in [5.41, 5.74) is 0.377. The molecule has 1 heterocycles. The molecule has 0 atom stereocenters. The first-order valence-corrected chi connectivity index (χ1v) is 10.7. The molecule has 0 saturated heterocycles. The van der Waals surface area contributed by atoms with E-state index >= 15 is 0 Å². The number of hydrogen-bond donors (Lipinski definition) is 1. The molecule has 4 aromatic rings. The fraction of sp³-hybridized carbons (Fsp3) is 0.192. The standard InChI is InChI=1S/C26H25N3O4/c1-18(2)29(16-24-27-23-11-7-6-10-22(23)26(31)28-24)25(30)17-32-19-12-14-21(15-13-19)33-20-8-4-3-5-9-20/h3-15,18H,16-17H2,1-2H3,(H,27,28,31). The van der Waals surface area contributed by atoms with E-state index < -0.39 is 0 Å². The van der Waals surface area contributed by atoms with Gasteiger partial charge in [0.25, 0.3) is 11.5 Å². The van der Waals surface area contributed by atoms with Crippen LogP contribution in [0.15, 0.2) is 83.7 Å². The lowest BCUT2D eigenvalue weighted by Gasteiger charge is -2.26. The molecule has 0 aliphatic carbocycles. The second kappa shape index (κ2) is 9.99. The van der Waals surface area contributed by atoms with Gasteiger partial charge in [0.2, 0.25) is 0 Å². The maximum absolute atomic E-state index is 12.9. The third-order valence-corrected chi connectivity index (χ3v) is 5.09. The van der Waals surface area contributed by atoms with Gasteiger partial charge in [-0.1, -0.05) is 30.3 Å². The minimum Gasteiger partial charge on any atom is -0.484 e. The number of carbonyl (C=O) groups excluding carboxylic acids is 1. The van der Waals surface area contributed by atoms with Crippen LogP contribution in [0.4, 0.5) is 0 Å². The van der Waals surface area contributed by atoms with Gasteiger partial charge in [-0.3, -0.25) is 9.59 Å². The van der Waals surface area contributed by atoms with Crippen LogP contribution in [-0.2, 0) is 11.3 Å². The first-order valence-electron chi connectivity index (χ1n) is 10.7. The molecule has 0 aliphatic rings. The zero-order valence-electron chi connectivity index (χ0n) is 18.5. The molecular formula is C26H25N3O4. The zero-order chi connectivity index (χ0) is 23.2. The van der Waals surface area contributed by atoms with E-state index in [0.29, 0.717) is 28.2 Å². The zero-order valence-corrected chi connectivity index (χ0v) is 18.5. The summed E-state index contributed by atoms with van der Waals surface area (Å²) in [6.45, 7) is 3.87. The Morgan fingerprint density at radius 3 is 2.27 bits per heavy atom. The topological polar surface area (TPSA) is 84.5 Å². The lowest BCUT2D eigenvalue weighted by Crippen LogP contribution is -2.40. The van der Waals surface area contributed by atoms with Gasteiger partial charge in [-0.2, -0.15) is 0 Å². The number of fused-ring (bicyclic) bond motifs is 1. The SMILES string of the molecule is CC(C)N(Cc1nc2ccccc2c(=O)[nH]1)C(=O)COc1ccc(Oc2ccccc2)cc1. The number of aromatic amines is 1. The van der Waals surface area contributed by atoms with Crippen molar-refractivity contribution in [2.75, 3.05) is 6.61 Å². The molecule has 0 fully saturated rings. The van der Waals surface area contributed by atoms with Crippen LogP contribution in [0.2, 0.25) is 0 Å². The Bertz CT molecular complexity index is 1280. The molecule has 1 N–H and O–H groups in total. The van der Waals surface area contributed by atoms with Crippen LogP contribution >= 0.6 is 0 Å². The first-order chi connectivity index (χ1) is 16.0. The Morgan fingerprint density at radius 1 is 0.909 bits per heavy atom. The number of para-hydroxylation sites is 2. The van der Waals surface area contributed by atoms with Gasteiger partial charge in [-0.25, -0.2) is 4.98 Å². The van der Waals surface area contributed by atoms with Gasteiger partial charge in [0, 0.05) is 6.04 Å². The van der Waals surface area contributed by atoms with E-state index in [2.05, 4.69) is 9.97 Å². The van der Waals surface area contributed by atoms with Crippen LogP contribution in [0.25, 0.3) is 10.9 Å². The highest BCUT2D eigenvalue weighted by Gasteiger charge is 2.19. The first kappa shape index (κ1) is 22.1. The van der Waals surface area contributed by atoms with Gasteiger partial charge < -0.3 is 19.4 Å². The van der Waals surface area contributed by atoms with E-state index in [-0.39, 0.29) is 30.7 Å². The predicted octanol–water partition coefficient (Wildman–Crippen LogP) is 4.53. The number of ether oxygens (including phenoxy) is 2. The maximum atomic E-state index is 12.9. The summed E-state index contributed by atoms with van der Waals surface area (Å²) in [7, 11) is 0. The smallest absolute Gasteiger partial charge is 0.261 e. The molecule has 168 valence electrons. The number of rotatable bonds is 8. The van der Waals surface area contributed by atoms with Gasteiger partial charge in [0.05, 0.1) is 17.4 Å². The molecule has 0 aliphatic heterocycles. The van der Waals surface area contributed by atoms with Crippen LogP contribution in [0, 0.1) is 0 Å². The molecule has 7 heteroatoms. The van der Waals surface area contributed by atoms with Crippen molar-refractivity contribution in [3.05, 3.63) is 95.0 Å². The number of amides is 1. The average Bonchev–Trinajstić information content (AvgIpc) is 2.82. The third kappa shape index (κ3) is 5.57. The lowest BCUT2D eigenvalue weighted by molar-refractivity contribution is -0.135. The summed E-state index contributed by atoms with van der Waals surface area (Å²) in [6, 6.07) is 23.6. The fourth-order valence-corrected chi connectivity index (χ4v) is 3.39. The van der Waals surface area contributed by atoms with Crippen molar-refractivity contribution in [3.8, 4) is 17.2 Å². The normalized spacial score (nSPS) is 10.9. The second-order valence-electron chi connectivity index (χ2n) is 7.82. The van der Waals surface area contributed by atoms with Crippen LogP contribution in [-0.4, -0.2) is 33.4 Å². The Hall–Kier alpha value is -4.13. The molecule has 3 aromatic carbocycles. The van der Waals surface area contributed by atoms with Gasteiger partial charge in [0.15, 0.2) is 6.61 Å². The molecule has 0 unspecified atom stereocenters. The van der Waals surface area contributed by atoms with Crippen LogP contribution in [0.3, 0.4) is 0 Å². The highest BCUT2D eigenvalue weighted by molar-refractivity contribution is 5.79. The Kier molecular flexibility index (Phi) is 6.69. The van der Waals surface area contributed by atoms with Crippen LogP contribution in [0.1, 0.15) is 19.7 Å². The summed E-state index contributed by atoms with van der Waals surface area (Å²) >= 11 is 0. The molecule has 1 amide bonds. The second-order valence-corrected chi connectivity index (χ2v) is 7.82. The van der Waals surface area contributed by atoms with E-state index in [9.17, 15) is 9.59 Å². The predicted molar refractivity (Wildman–Crippen MR) is 127 cm³/mol. The molecule has 4 rings (SSSR count). The number of hydrogen-bond acceptors (Lipinski definition) is 5. The maximum Gasteiger partial charge on any atom is 0.261 e. The number of aromatic nitrogens is 2. The molecule has 0 spiro atoms. The Morgan fingerprint density at radius 2 is 1.55 bits per heavy atom. The molecular weight excluding hydrogens is 418 g/mol. The van der Waals surface area contributed by atoms with Crippen molar-refractivity contribution in [1.82, 2.24) is 14.9 Å². The van der Waals surface area contributed by atoms with Crippen molar-refractivity contribution in [2.24, 2.45) is 0 Å². The number of nitrogens with one attached hydrogen (secondary N) is 1. The van der Waals surface area contributed by atoms with E-state index in [4.69, 9.17) is 9.47 Å². The van der Waals surface area contributed by atoms with E-state index in [1.807, 2.05) is 50.2 Å². The van der Waals surface area contributed by atoms with Crippen molar-refractivity contribution >= 4 is 16.8 Å². The highest BCUT2D eigenvalue weighted by Crippen LogP contribution is 2.23. The summed E-state index contributed by atoms with van der Waals surface area (Å²) in [6.07, 6.45) is 0. The fourth-order valence-electron chi connectivity index (χ4n) is 3.39. The van der Waals surface area contributed by atoms with Crippen LogP contribution < -0.4 is 15.0 Å². The van der Waals surface area contributed by atoms with Crippen molar-refractivity contribution in [3.63, 3.8) is 0 Å². The Labute approximate surface area is 191 Å². The summed E-state index contributed by atoms with van der Waals surface area (Å²) in [4.78, 5) is 34.1. The van der Waals surface area contributed by atoms with E-state index in [1.165, 1.54) is 0 Å². The van der Waals surface area contributed by atoms with E-state index in [0.717, 1.165) is 5.75 Å². The minimum atomic E-state index is -0.221. The molecule has 0 radical (unpaired) electrons. The van der Waals surface area contributed by atoms with Gasteiger partial charge in [-0.05, 0) is 62.4 Å². The monoisotopic (exact) mass is 443 g/mol. The molecule has 7 nitrogen and oxygen atoms in total. The van der Waals surface area contributed by atoms with Crippen molar-refractivity contribution in [2.45, 2.75) is 26.4 Å². The molecule has 0 saturated carbocycles. The number of benzene rings is 3. The average molecular weight is 444 g/mol. The quantitative estimate of drug-likeness (QED) is 0.432. The van der Waals surface area contributed by atoms with E-state index in [1.54, 1.807) is 47.4 Å². The largest absolute Gasteiger partial charge is 0.484 e. The lowest BCUT2D eigenvalue weighted by atomic mass is 10.2. The Balaban J connectivity index is 1.39. The summed E-state index contributed by atoms with van der Waals surface area (Å²) in [5, 5.41) is 0.520. The molecule has 1 aromatic heterocycles. The highest BCUT2D eigenvalue weighted by atomic mass is 16.5. The van der Waals surface area contributed by atoms with Gasteiger partial charge in [0.1, 0.15) is 23.1 Å². The number of H-pyrrole nitrogens is 1. The summed E-state index contributed by atoms with van der Waals surface area (Å²) < 4.78 is 11.5. The van der Waals surface area contributed by atoms with Crippen molar-refractivity contribution < 1.29 is 14.3 Å². The molecule has 33 heavy (non-hydrogen) atoms. The van der Waals surface area contributed by atoms with Crippen molar-refractivity contribution in [1.29, 1.82) is 0 Å². The molecule has 0 bridgehead atoms. The van der Waals surface area contributed by atoms with Crippen LogP contribution in [0.5, 0.6) is 17.2 Å². The van der Waals surface area contributed by atoms with Gasteiger partial charge >= 0.3 is 0 Å². The number of nitrogens with zero attached hydrogens (tertiary/aromatic N) is 2.